The van der Waals surface area contributed by atoms with E-state index in [9.17, 15) is 18.5 Å². The van der Waals surface area contributed by atoms with E-state index in [1.54, 1.807) is 12.1 Å². The Labute approximate surface area is 163 Å². The fraction of sp³-hybridized carbons (Fsp3) is 0.333. The maximum Gasteiger partial charge on any atom is 0.289 e. The molecule has 27 heavy (non-hydrogen) atoms. The Morgan fingerprint density at radius 3 is 2.37 bits per heavy atom. The number of piperidine rings is 1. The monoisotopic (exact) mass is 409 g/mol. The van der Waals surface area contributed by atoms with E-state index >= 15 is 0 Å². The summed E-state index contributed by atoms with van der Waals surface area (Å²) in [5.74, 6) is 0. The highest BCUT2D eigenvalue weighted by Crippen LogP contribution is 2.28. The Morgan fingerprint density at radius 2 is 1.74 bits per heavy atom. The Morgan fingerprint density at radius 1 is 1.07 bits per heavy atom. The van der Waals surface area contributed by atoms with Crippen molar-refractivity contribution >= 4 is 33.0 Å². The molecule has 7 nitrogen and oxygen atoms in total. The number of rotatable bonds is 6. The van der Waals surface area contributed by atoms with E-state index in [4.69, 9.17) is 11.6 Å². The van der Waals surface area contributed by atoms with Crippen LogP contribution in [0.1, 0.15) is 24.8 Å². The topological polar surface area (TPSA) is 92.5 Å². The average Bonchev–Trinajstić information content (AvgIpc) is 2.64. The maximum atomic E-state index is 12.5. The summed E-state index contributed by atoms with van der Waals surface area (Å²) in [4.78, 5) is 12.4. The van der Waals surface area contributed by atoms with Gasteiger partial charge in [-0.15, -0.1) is 0 Å². The smallest absolute Gasteiger partial charge is 0.289 e. The van der Waals surface area contributed by atoms with Crippen molar-refractivity contribution in [3.05, 3.63) is 63.2 Å². The molecule has 0 radical (unpaired) electrons. The van der Waals surface area contributed by atoms with Crippen LogP contribution in [0.2, 0.25) is 5.02 Å². The van der Waals surface area contributed by atoms with Gasteiger partial charge >= 0.3 is 0 Å². The molecule has 1 saturated heterocycles. The number of sulfonamides is 1. The predicted molar refractivity (Wildman–Crippen MR) is 104 cm³/mol. The van der Waals surface area contributed by atoms with Gasteiger partial charge in [-0.3, -0.25) is 19.7 Å². The summed E-state index contributed by atoms with van der Waals surface area (Å²) in [7, 11) is -3.95. The average molecular weight is 410 g/mol. The van der Waals surface area contributed by atoms with E-state index in [-0.39, 0.29) is 9.92 Å². The zero-order chi connectivity index (χ0) is 19.4. The Kier molecular flexibility index (Phi) is 5.98. The molecular weight excluding hydrogens is 390 g/mol. The molecule has 1 aliphatic rings. The van der Waals surface area contributed by atoms with Crippen LogP contribution in [-0.4, -0.2) is 31.3 Å². The summed E-state index contributed by atoms with van der Waals surface area (Å²) in [5.41, 5.74) is 1.06. The van der Waals surface area contributed by atoms with Gasteiger partial charge in [-0.2, -0.15) is 0 Å². The number of hydrogen-bond donors (Lipinski definition) is 1. The van der Waals surface area contributed by atoms with Crippen molar-refractivity contribution in [2.24, 2.45) is 0 Å². The van der Waals surface area contributed by atoms with Crippen molar-refractivity contribution in [2.45, 2.75) is 30.7 Å². The number of benzene rings is 2. The molecule has 0 spiro atoms. The lowest BCUT2D eigenvalue weighted by atomic mass is 10.1. The summed E-state index contributed by atoms with van der Waals surface area (Å²) in [6.45, 7) is 3.02. The highest BCUT2D eigenvalue weighted by atomic mass is 35.5. The number of nitrogens with zero attached hydrogens (tertiary/aromatic N) is 2. The number of halogens is 1. The van der Waals surface area contributed by atoms with E-state index < -0.39 is 20.6 Å². The van der Waals surface area contributed by atoms with Crippen LogP contribution in [0.15, 0.2) is 47.4 Å². The number of nitro benzene ring substituents is 1. The molecule has 0 saturated carbocycles. The van der Waals surface area contributed by atoms with Gasteiger partial charge in [0.2, 0.25) is 0 Å². The number of nitrogens with one attached hydrogen (secondary N) is 1. The van der Waals surface area contributed by atoms with E-state index in [0.29, 0.717) is 5.69 Å². The van der Waals surface area contributed by atoms with Gasteiger partial charge in [0.05, 0.1) is 9.82 Å². The number of anilines is 1. The number of likely N-dealkylation sites (tertiary alicyclic amines) is 1. The first-order chi connectivity index (χ1) is 12.8. The van der Waals surface area contributed by atoms with E-state index in [0.717, 1.165) is 31.3 Å². The zero-order valence-corrected chi connectivity index (χ0v) is 16.2. The second-order valence-electron chi connectivity index (χ2n) is 6.51. The molecule has 0 aliphatic carbocycles. The SMILES string of the molecule is O=[N+]([O-])c1cc(S(=O)(=O)Nc2ccc(CN3CCCCC3)cc2)ccc1Cl. The molecule has 1 fully saturated rings. The molecule has 0 aromatic heterocycles. The van der Waals surface area contributed by atoms with Gasteiger partial charge in [-0.1, -0.05) is 30.2 Å². The van der Waals surface area contributed by atoms with Crippen LogP contribution in [0.25, 0.3) is 0 Å². The fourth-order valence-corrected chi connectivity index (χ4v) is 4.33. The standard InChI is InChI=1S/C18H20ClN3O4S/c19-17-9-8-16(12-18(17)22(23)24)27(25,26)20-15-6-4-14(5-7-15)13-21-10-2-1-3-11-21/h4-9,12,20H,1-3,10-11,13H2. The first-order valence-electron chi connectivity index (χ1n) is 8.63. The van der Waals surface area contributed by atoms with Gasteiger partial charge in [0, 0.05) is 18.3 Å². The molecule has 1 N–H and O–H groups in total. The van der Waals surface area contributed by atoms with Crippen molar-refractivity contribution in [3.8, 4) is 0 Å². The molecule has 1 aliphatic heterocycles. The van der Waals surface area contributed by atoms with Crippen LogP contribution in [0.3, 0.4) is 0 Å². The van der Waals surface area contributed by atoms with Crippen molar-refractivity contribution < 1.29 is 13.3 Å². The zero-order valence-electron chi connectivity index (χ0n) is 14.6. The second kappa shape index (κ2) is 8.24. The molecule has 0 amide bonds. The largest absolute Gasteiger partial charge is 0.299 e. The summed E-state index contributed by atoms with van der Waals surface area (Å²) in [5, 5.41) is 10.9. The van der Waals surface area contributed by atoms with Gasteiger partial charge in [0.1, 0.15) is 5.02 Å². The molecule has 0 unspecified atom stereocenters. The van der Waals surface area contributed by atoms with Crippen molar-refractivity contribution in [3.63, 3.8) is 0 Å². The van der Waals surface area contributed by atoms with Crippen LogP contribution in [-0.2, 0) is 16.6 Å². The molecule has 9 heteroatoms. The first kappa shape index (κ1) is 19.6. The Bertz CT molecular complexity index is 926. The van der Waals surface area contributed by atoms with Gasteiger partial charge in [-0.25, -0.2) is 8.42 Å². The summed E-state index contributed by atoms with van der Waals surface area (Å²) in [6, 6.07) is 10.6. The molecule has 144 valence electrons. The van der Waals surface area contributed by atoms with E-state index in [1.165, 1.54) is 31.4 Å². The molecule has 2 aromatic carbocycles. The summed E-state index contributed by atoms with van der Waals surface area (Å²) < 4.78 is 27.5. The third kappa shape index (κ3) is 4.97. The third-order valence-corrected chi connectivity index (χ3v) is 6.18. The minimum atomic E-state index is -3.95. The van der Waals surface area contributed by atoms with Crippen molar-refractivity contribution in [1.82, 2.24) is 4.90 Å². The molecule has 2 aromatic rings. The lowest BCUT2D eigenvalue weighted by Crippen LogP contribution is -2.29. The van der Waals surface area contributed by atoms with Crippen molar-refractivity contribution in [1.29, 1.82) is 0 Å². The summed E-state index contributed by atoms with van der Waals surface area (Å²) >= 11 is 5.74. The fourth-order valence-electron chi connectivity index (χ4n) is 3.07. The highest BCUT2D eigenvalue weighted by Gasteiger charge is 2.21. The van der Waals surface area contributed by atoms with Gasteiger partial charge in [0.15, 0.2) is 0 Å². The summed E-state index contributed by atoms with van der Waals surface area (Å²) in [6.07, 6.45) is 3.70. The number of nitro groups is 1. The van der Waals surface area contributed by atoms with Crippen LogP contribution in [0.5, 0.6) is 0 Å². The van der Waals surface area contributed by atoms with E-state index in [1.807, 2.05) is 12.1 Å². The van der Waals surface area contributed by atoms with Gasteiger partial charge in [-0.05, 0) is 55.8 Å². The number of hydrogen-bond acceptors (Lipinski definition) is 5. The molecule has 3 rings (SSSR count). The third-order valence-electron chi connectivity index (χ3n) is 4.49. The second-order valence-corrected chi connectivity index (χ2v) is 8.60. The normalized spacial score (nSPS) is 15.4. The van der Waals surface area contributed by atoms with Crippen LogP contribution in [0, 0.1) is 10.1 Å². The van der Waals surface area contributed by atoms with Crippen molar-refractivity contribution in [2.75, 3.05) is 17.8 Å². The molecular formula is C18H20ClN3O4S. The van der Waals surface area contributed by atoms with Crippen LogP contribution >= 0.6 is 11.6 Å². The molecule has 1 heterocycles. The molecule has 0 atom stereocenters. The van der Waals surface area contributed by atoms with Gasteiger partial charge < -0.3 is 0 Å². The Balaban J connectivity index is 1.72. The highest BCUT2D eigenvalue weighted by molar-refractivity contribution is 7.92. The van der Waals surface area contributed by atoms with Crippen LogP contribution < -0.4 is 4.72 Å². The lowest BCUT2D eigenvalue weighted by Gasteiger charge is -2.26. The Hall–Kier alpha value is -2.16. The quantitative estimate of drug-likeness (QED) is 0.574. The lowest BCUT2D eigenvalue weighted by molar-refractivity contribution is -0.384. The van der Waals surface area contributed by atoms with E-state index in [2.05, 4.69) is 9.62 Å². The predicted octanol–water partition coefficient (Wildman–Crippen LogP) is 4.03. The molecule has 0 bridgehead atoms. The first-order valence-corrected chi connectivity index (χ1v) is 10.5. The minimum absolute atomic E-state index is 0.110. The van der Waals surface area contributed by atoms with Gasteiger partial charge in [0.25, 0.3) is 15.7 Å². The van der Waals surface area contributed by atoms with Crippen LogP contribution in [0.4, 0.5) is 11.4 Å². The minimum Gasteiger partial charge on any atom is -0.299 e. The maximum absolute atomic E-state index is 12.5.